The zero-order valence-electron chi connectivity index (χ0n) is 19.6. The van der Waals surface area contributed by atoms with Crippen molar-refractivity contribution >= 4 is 44.1 Å². The van der Waals surface area contributed by atoms with Gasteiger partial charge in [-0.15, -0.1) is 10.2 Å². The van der Waals surface area contributed by atoms with E-state index in [2.05, 4.69) is 25.8 Å². The third-order valence-electron chi connectivity index (χ3n) is 4.92. The number of sulfonamides is 1. The quantitative estimate of drug-likeness (QED) is 0.334. The second-order valence-electron chi connectivity index (χ2n) is 8.63. The largest absolute Gasteiger partial charge is 0.404 e. The summed E-state index contributed by atoms with van der Waals surface area (Å²) in [5.41, 5.74) is 1.34. The number of carbonyl (C=O) groups excluding carboxylic acids is 1. The number of nitrogens with one attached hydrogen (secondary N) is 3. The normalized spacial score (nSPS) is 12.4. The molecule has 35 heavy (non-hydrogen) atoms. The molecule has 0 aliphatic carbocycles. The molecule has 3 N–H and O–H groups in total. The fourth-order valence-corrected chi connectivity index (χ4v) is 4.51. The molecule has 2 aromatic heterocycles. The van der Waals surface area contributed by atoms with E-state index < -0.39 is 22.0 Å². The standard InChI is InChI=1S/C21H28F3N7O3S/c1-13(2)10-18(32)25-8-4-5-9-26-19-20-29-28-14(3)31(20)17-7-6-15(11-16(17)27-19)30-35(33,34)12-21(22,23)24/h6-7,11,13,30H,4-5,8-10,12H2,1-3H3,(H,25,32)(H,26,27). The highest BCUT2D eigenvalue weighted by Crippen LogP contribution is 2.26. The monoisotopic (exact) mass is 515 g/mol. The van der Waals surface area contributed by atoms with Crippen molar-refractivity contribution in [1.82, 2.24) is 24.9 Å². The van der Waals surface area contributed by atoms with Crippen LogP contribution in [0.25, 0.3) is 16.7 Å². The van der Waals surface area contributed by atoms with E-state index >= 15 is 0 Å². The number of hydrogen-bond donors (Lipinski definition) is 3. The molecule has 1 amide bonds. The van der Waals surface area contributed by atoms with Gasteiger partial charge in [-0.25, -0.2) is 13.4 Å². The minimum atomic E-state index is -4.86. The van der Waals surface area contributed by atoms with Gasteiger partial charge in [0.2, 0.25) is 21.6 Å². The Kier molecular flexibility index (Phi) is 8.03. The van der Waals surface area contributed by atoms with Gasteiger partial charge in [0.05, 0.1) is 16.7 Å². The molecule has 192 valence electrons. The zero-order valence-corrected chi connectivity index (χ0v) is 20.4. The second-order valence-corrected chi connectivity index (χ2v) is 10.4. The Balaban J connectivity index is 1.74. The first-order chi connectivity index (χ1) is 16.3. The third kappa shape index (κ3) is 7.41. The van der Waals surface area contributed by atoms with Crippen molar-refractivity contribution in [2.45, 2.75) is 46.2 Å². The number of anilines is 2. The van der Waals surface area contributed by atoms with Gasteiger partial charge in [0, 0.05) is 19.5 Å². The molecule has 0 saturated carbocycles. The first kappa shape index (κ1) is 26.4. The van der Waals surface area contributed by atoms with Crippen LogP contribution in [0.5, 0.6) is 0 Å². The van der Waals surface area contributed by atoms with Crippen LogP contribution >= 0.6 is 0 Å². The summed E-state index contributed by atoms with van der Waals surface area (Å²) < 4.78 is 65.0. The molecule has 0 aliphatic heterocycles. The third-order valence-corrected chi connectivity index (χ3v) is 6.18. The molecule has 10 nitrogen and oxygen atoms in total. The summed E-state index contributed by atoms with van der Waals surface area (Å²) in [7, 11) is -4.63. The molecule has 0 fully saturated rings. The topological polar surface area (TPSA) is 130 Å². The maximum absolute atomic E-state index is 12.6. The fraction of sp³-hybridized carbons (Fsp3) is 0.524. The Labute approximate surface area is 200 Å². The highest BCUT2D eigenvalue weighted by atomic mass is 32.2. The van der Waals surface area contributed by atoms with Crippen LogP contribution in [0.3, 0.4) is 0 Å². The first-order valence-corrected chi connectivity index (χ1v) is 12.7. The number of halogens is 3. The number of alkyl halides is 3. The first-order valence-electron chi connectivity index (χ1n) is 11.1. The number of amides is 1. The number of aromatic nitrogens is 4. The van der Waals surface area contributed by atoms with Crippen molar-refractivity contribution in [1.29, 1.82) is 0 Å². The molecule has 0 unspecified atom stereocenters. The Hall–Kier alpha value is -3.16. The molecule has 0 aliphatic rings. The second kappa shape index (κ2) is 10.6. The van der Waals surface area contributed by atoms with Gasteiger partial charge in [0.15, 0.2) is 11.6 Å². The smallest absolute Gasteiger partial charge is 0.367 e. The number of benzene rings is 1. The number of carbonyl (C=O) groups is 1. The number of rotatable bonds is 11. The van der Waals surface area contributed by atoms with E-state index in [1.807, 2.05) is 18.6 Å². The van der Waals surface area contributed by atoms with Crippen LogP contribution in [0.15, 0.2) is 18.2 Å². The average Bonchev–Trinajstić information content (AvgIpc) is 3.09. The summed E-state index contributed by atoms with van der Waals surface area (Å²) >= 11 is 0. The molecular formula is C21H28F3N7O3S. The minimum absolute atomic E-state index is 0.0199. The van der Waals surface area contributed by atoms with Crippen LogP contribution in [0.1, 0.15) is 38.9 Å². The lowest BCUT2D eigenvalue weighted by molar-refractivity contribution is -0.121. The average molecular weight is 516 g/mol. The van der Waals surface area contributed by atoms with Crippen molar-refractivity contribution in [3.05, 3.63) is 24.0 Å². The van der Waals surface area contributed by atoms with Gasteiger partial charge in [-0.1, -0.05) is 13.8 Å². The van der Waals surface area contributed by atoms with E-state index in [9.17, 15) is 26.4 Å². The van der Waals surface area contributed by atoms with Crippen LogP contribution in [-0.4, -0.2) is 58.9 Å². The number of aryl methyl sites for hydroxylation is 1. The summed E-state index contributed by atoms with van der Waals surface area (Å²) in [5.74, 6) is -0.706. The molecule has 0 spiro atoms. The maximum atomic E-state index is 12.6. The highest BCUT2D eigenvalue weighted by Gasteiger charge is 2.35. The molecule has 2 heterocycles. The Morgan fingerprint density at radius 3 is 2.54 bits per heavy atom. The van der Waals surface area contributed by atoms with Gasteiger partial charge in [-0.2, -0.15) is 13.2 Å². The predicted molar refractivity (Wildman–Crippen MR) is 127 cm³/mol. The SMILES string of the molecule is Cc1nnc2c(NCCCCNC(=O)CC(C)C)nc3cc(NS(=O)(=O)CC(F)(F)F)ccc3n12. The summed E-state index contributed by atoms with van der Waals surface area (Å²) in [6.45, 7) is 6.78. The minimum Gasteiger partial charge on any atom is -0.367 e. The Morgan fingerprint density at radius 2 is 1.86 bits per heavy atom. The molecule has 0 radical (unpaired) electrons. The van der Waals surface area contributed by atoms with E-state index in [1.165, 1.54) is 12.1 Å². The molecule has 0 saturated heterocycles. The van der Waals surface area contributed by atoms with Gasteiger partial charge in [-0.3, -0.25) is 13.9 Å². The van der Waals surface area contributed by atoms with E-state index in [4.69, 9.17) is 0 Å². The van der Waals surface area contributed by atoms with E-state index in [0.29, 0.717) is 53.8 Å². The van der Waals surface area contributed by atoms with Crippen LogP contribution in [-0.2, 0) is 14.8 Å². The van der Waals surface area contributed by atoms with E-state index in [0.717, 1.165) is 12.8 Å². The van der Waals surface area contributed by atoms with Gasteiger partial charge in [0.1, 0.15) is 5.82 Å². The van der Waals surface area contributed by atoms with E-state index in [1.54, 1.807) is 17.4 Å². The van der Waals surface area contributed by atoms with Gasteiger partial charge < -0.3 is 10.6 Å². The zero-order chi connectivity index (χ0) is 25.8. The number of fused-ring (bicyclic) bond motifs is 3. The number of unbranched alkanes of at least 4 members (excludes halogenated alkanes) is 1. The number of hydrogen-bond acceptors (Lipinski definition) is 7. The van der Waals surface area contributed by atoms with Crippen molar-refractivity contribution in [3.8, 4) is 0 Å². The Bertz CT molecular complexity index is 1310. The molecule has 3 aromatic rings. The lowest BCUT2D eigenvalue weighted by Gasteiger charge is -2.13. The van der Waals surface area contributed by atoms with Gasteiger partial charge in [-0.05, 0) is 43.9 Å². The fourth-order valence-electron chi connectivity index (χ4n) is 3.52. The highest BCUT2D eigenvalue weighted by molar-refractivity contribution is 7.92. The molecular weight excluding hydrogens is 487 g/mol. The van der Waals surface area contributed by atoms with Gasteiger partial charge >= 0.3 is 6.18 Å². The molecule has 0 atom stereocenters. The lowest BCUT2D eigenvalue weighted by Crippen LogP contribution is -2.27. The van der Waals surface area contributed by atoms with Crippen LogP contribution in [0.4, 0.5) is 24.7 Å². The Morgan fingerprint density at radius 1 is 1.14 bits per heavy atom. The van der Waals surface area contributed by atoms with Crippen molar-refractivity contribution in [3.63, 3.8) is 0 Å². The maximum Gasteiger partial charge on any atom is 0.404 e. The number of nitrogens with zero attached hydrogens (tertiary/aromatic N) is 4. The van der Waals surface area contributed by atoms with Crippen molar-refractivity contribution in [2.24, 2.45) is 5.92 Å². The van der Waals surface area contributed by atoms with Crippen molar-refractivity contribution < 1.29 is 26.4 Å². The molecule has 14 heteroatoms. The molecule has 1 aromatic carbocycles. The summed E-state index contributed by atoms with van der Waals surface area (Å²) in [6.07, 6.45) is -2.89. The summed E-state index contributed by atoms with van der Waals surface area (Å²) in [4.78, 5) is 16.2. The molecule has 0 bridgehead atoms. The van der Waals surface area contributed by atoms with E-state index in [-0.39, 0.29) is 11.6 Å². The molecule has 3 rings (SSSR count). The van der Waals surface area contributed by atoms with Crippen LogP contribution in [0, 0.1) is 12.8 Å². The summed E-state index contributed by atoms with van der Waals surface area (Å²) in [5, 5.41) is 14.3. The van der Waals surface area contributed by atoms with Gasteiger partial charge in [0.25, 0.3) is 0 Å². The predicted octanol–water partition coefficient (Wildman–Crippen LogP) is 3.24. The summed E-state index contributed by atoms with van der Waals surface area (Å²) in [6, 6.07) is 4.26. The van der Waals surface area contributed by atoms with Crippen LogP contribution in [0.2, 0.25) is 0 Å². The lowest BCUT2D eigenvalue weighted by atomic mass is 10.1. The van der Waals surface area contributed by atoms with Crippen LogP contribution < -0.4 is 15.4 Å². The van der Waals surface area contributed by atoms with Crippen molar-refractivity contribution in [2.75, 3.05) is 28.9 Å².